The Morgan fingerprint density at radius 2 is 2.00 bits per heavy atom. The van der Waals surface area contributed by atoms with Crippen LogP contribution in [-0.4, -0.2) is 45.9 Å². The van der Waals surface area contributed by atoms with E-state index in [4.69, 9.17) is 0 Å². The van der Waals surface area contributed by atoms with Crippen molar-refractivity contribution in [1.29, 1.82) is 0 Å². The van der Waals surface area contributed by atoms with Crippen LogP contribution in [0.5, 0.6) is 0 Å². The Bertz CT molecular complexity index is 520. The molecule has 0 radical (unpaired) electrons. The van der Waals surface area contributed by atoms with Gasteiger partial charge in [-0.15, -0.1) is 0 Å². The van der Waals surface area contributed by atoms with Gasteiger partial charge in [0.05, 0.1) is 4.92 Å². The van der Waals surface area contributed by atoms with E-state index in [0.717, 1.165) is 0 Å². The summed E-state index contributed by atoms with van der Waals surface area (Å²) in [6.45, 7) is 7.26. The minimum Gasteiger partial charge on any atom is -0.353 e. The third kappa shape index (κ3) is 3.12. The van der Waals surface area contributed by atoms with E-state index in [0.29, 0.717) is 25.3 Å². The van der Waals surface area contributed by atoms with Crippen LogP contribution in [0.2, 0.25) is 0 Å². The van der Waals surface area contributed by atoms with E-state index >= 15 is 0 Å². The Labute approximate surface area is 123 Å². The summed E-state index contributed by atoms with van der Waals surface area (Å²) in [5.74, 6) is 0.870. The largest absolute Gasteiger partial charge is 0.353 e. The van der Waals surface area contributed by atoms with Crippen molar-refractivity contribution >= 4 is 17.4 Å². The molecular formula is C14H20N4O3. The van der Waals surface area contributed by atoms with Crippen molar-refractivity contribution < 1.29 is 9.72 Å². The maximum atomic E-state index is 12.0. The molecule has 0 aliphatic carbocycles. The van der Waals surface area contributed by atoms with Crippen molar-refractivity contribution in [2.45, 2.75) is 39.3 Å². The van der Waals surface area contributed by atoms with Gasteiger partial charge in [0, 0.05) is 37.7 Å². The lowest BCUT2D eigenvalue weighted by atomic mass is 10.1. The van der Waals surface area contributed by atoms with Crippen molar-refractivity contribution in [3.05, 3.63) is 28.4 Å². The third-order valence-corrected chi connectivity index (χ3v) is 3.78. The molecule has 7 nitrogen and oxygen atoms in total. The van der Waals surface area contributed by atoms with E-state index in [1.165, 1.54) is 12.3 Å². The smallest absolute Gasteiger partial charge is 0.287 e. The average Bonchev–Trinajstić information content (AvgIpc) is 2.46. The molecule has 1 fully saturated rings. The molecule has 114 valence electrons. The van der Waals surface area contributed by atoms with Gasteiger partial charge in [-0.05, 0) is 19.9 Å². The number of hydrogen-bond acceptors (Lipinski definition) is 5. The van der Waals surface area contributed by atoms with Crippen molar-refractivity contribution in [3.63, 3.8) is 0 Å². The van der Waals surface area contributed by atoms with Gasteiger partial charge >= 0.3 is 0 Å². The number of piperazine rings is 1. The number of hydrogen-bond donors (Lipinski definition) is 0. The lowest BCUT2D eigenvalue weighted by Crippen LogP contribution is -2.58. The maximum absolute atomic E-state index is 12.0. The van der Waals surface area contributed by atoms with Crippen LogP contribution in [0.4, 0.5) is 11.5 Å². The summed E-state index contributed by atoms with van der Waals surface area (Å²) in [5.41, 5.74) is -0.0142. The molecule has 2 atom stereocenters. The first-order chi connectivity index (χ1) is 9.93. The molecule has 2 heterocycles. The second-order valence-electron chi connectivity index (χ2n) is 5.39. The van der Waals surface area contributed by atoms with Gasteiger partial charge in [-0.25, -0.2) is 4.98 Å². The van der Waals surface area contributed by atoms with Crippen LogP contribution in [0.3, 0.4) is 0 Å². The molecular weight excluding hydrogens is 272 g/mol. The van der Waals surface area contributed by atoms with E-state index in [-0.39, 0.29) is 23.7 Å². The fraction of sp³-hybridized carbons (Fsp3) is 0.571. The number of nitro groups is 1. The van der Waals surface area contributed by atoms with Crippen molar-refractivity contribution in [1.82, 2.24) is 9.88 Å². The average molecular weight is 292 g/mol. The minimum absolute atomic E-state index is 0.0142. The molecule has 1 aromatic heterocycles. The lowest BCUT2D eigenvalue weighted by Gasteiger charge is -2.44. The molecule has 2 rings (SSSR count). The number of aromatic nitrogens is 1. The molecule has 1 aromatic rings. The summed E-state index contributed by atoms with van der Waals surface area (Å²) >= 11 is 0. The minimum atomic E-state index is -0.458. The van der Waals surface area contributed by atoms with Crippen LogP contribution >= 0.6 is 0 Å². The van der Waals surface area contributed by atoms with Crippen LogP contribution in [-0.2, 0) is 4.79 Å². The van der Waals surface area contributed by atoms with E-state index in [1.807, 2.05) is 25.7 Å². The SMILES string of the molecule is CCC(=O)N1C(C)CN(c2ccc([N+](=O)[O-])cn2)CC1C. The first-order valence-corrected chi connectivity index (χ1v) is 7.10. The summed E-state index contributed by atoms with van der Waals surface area (Å²) in [6, 6.07) is 3.31. The first-order valence-electron chi connectivity index (χ1n) is 7.10. The predicted octanol–water partition coefficient (Wildman–Crippen LogP) is 1.83. The summed E-state index contributed by atoms with van der Waals surface area (Å²) in [7, 11) is 0. The molecule has 2 unspecified atom stereocenters. The van der Waals surface area contributed by atoms with Crippen LogP contribution in [0.25, 0.3) is 0 Å². The van der Waals surface area contributed by atoms with Gasteiger partial charge in [0.1, 0.15) is 12.0 Å². The van der Waals surface area contributed by atoms with E-state index in [2.05, 4.69) is 9.88 Å². The Kier molecular flexibility index (Phi) is 4.40. The van der Waals surface area contributed by atoms with Crippen LogP contribution in [0, 0.1) is 10.1 Å². The van der Waals surface area contributed by atoms with Gasteiger partial charge in [0.2, 0.25) is 5.91 Å². The van der Waals surface area contributed by atoms with Gasteiger partial charge < -0.3 is 9.80 Å². The number of carbonyl (C=O) groups is 1. The quantitative estimate of drug-likeness (QED) is 0.627. The number of anilines is 1. The number of rotatable bonds is 3. The highest BCUT2D eigenvalue weighted by Crippen LogP contribution is 2.22. The molecule has 0 spiro atoms. The summed E-state index contributed by atoms with van der Waals surface area (Å²) in [6.07, 6.45) is 1.78. The molecule has 1 aliphatic heterocycles. The number of amides is 1. The molecule has 7 heteroatoms. The fourth-order valence-corrected chi connectivity index (χ4v) is 2.86. The molecule has 1 aliphatic rings. The highest BCUT2D eigenvalue weighted by Gasteiger charge is 2.32. The number of nitrogens with zero attached hydrogens (tertiary/aromatic N) is 4. The Balaban J connectivity index is 2.13. The second kappa shape index (κ2) is 6.07. The highest BCUT2D eigenvalue weighted by molar-refractivity contribution is 5.77. The normalized spacial score (nSPS) is 22.2. The van der Waals surface area contributed by atoms with Crippen molar-refractivity contribution in [2.24, 2.45) is 0 Å². The lowest BCUT2D eigenvalue weighted by molar-refractivity contribution is -0.385. The van der Waals surface area contributed by atoms with E-state index in [9.17, 15) is 14.9 Å². The van der Waals surface area contributed by atoms with Crippen LogP contribution < -0.4 is 4.90 Å². The van der Waals surface area contributed by atoms with Gasteiger partial charge in [-0.3, -0.25) is 14.9 Å². The first kappa shape index (κ1) is 15.2. The summed E-state index contributed by atoms with van der Waals surface area (Å²) in [5, 5.41) is 10.7. The molecule has 0 bridgehead atoms. The van der Waals surface area contributed by atoms with Gasteiger partial charge in [0.15, 0.2) is 0 Å². The molecule has 0 saturated carbocycles. The van der Waals surface area contributed by atoms with E-state index in [1.54, 1.807) is 6.07 Å². The zero-order chi connectivity index (χ0) is 15.6. The van der Waals surface area contributed by atoms with Gasteiger partial charge in [-0.1, -0.05) is 6.92 Å². The highest BCUT2D eigenvalue weighted by atomic mass is 16.6. The Morgan fingerprint density at radius 1 is 1.38 bits per heavy atom. The molecule has 21 heavy (non-hydrogen) atoms. The zero-order valence-corrected chi connectivity index (χ0v) is 12.5. The summed E-state index contributed by atoms with van der Waals surface area (Å²) in [4.78, 5) is 30.3. The molecule has 1 saturated heterocycles. The zero-order valence-electron chi connectivity index (χ0n) is 12.5. The predicted molar refractivity (Wildman–Crippen MR) is 79.2 cm³/mol. The van der Waals surface area contributed by atoms with Crippen LogP contribution in [0.1, 0.15) is 27.2 Å². The van der Waals surface area contributed by atoms with Crippen LogP contribution in [0.15, 0.2) is 18.3 Å². The molecule has 0 aromatic carbocycles. The second-order valence-corrected chi connectivity index (χ2v) is 5.39. The Morgan fingerprint density at radius 3 is 2.43 bits per heavy atom. The van der Waals surface area contributed by atoms with Gasteiger partial charge in [-0.2, -0.15) is 0 Å². The van der Waals surface area contributed by atoms with Gasteiger partial charge in [0.25, 0.3) is 5.69 Å². The standard InChI is InChI=1S/C14H20N4O3/c1-4-14(19)17-10(2)8-16(9-11(17)3)13-6-5-12(7-15-13)18(20)21/h5-7,10-11H,4,8-9H2,1-3H3. The Hall–Kier alpha value is -2.18. The van der Waals surface area contributed by atoms with Crippen molar-refractivity contribution in [3.8, 4) is 0 Å². The van der Waals surface area contributed by atoms with E-state index < -0.39 is 4.92 Å². The summed E-state index contributed by atoms with van der Waals surface area (Å²) < 4.78 is 0. The number of pyridine rings is 1. The molecule has 0 N–H and O–H groups in total. The third-order valence-electron chi connectivity index (χ3n) is 3.78. The topological polar surface area (TPSA) is 79.6 Å². The maximum Gasteiger partial charge on any atom is 0.287 e. The fourth-order valence-electron chi connectivity index (χ4n) is 2.86. The number of carbonyl (C=O) groups excluding carboxylic acids is 1. The monoisotopic (exact) mass is 292 g/mol. The van der Waals surface area contributed by atoms with Crippen molar-refractivity contribution in [2.75, 3.05) is 18.0 Å². The molecule has 1 amide bonds.